The standard InChI is InChI=1S/C18H23N3O4S/c1-25-17-7-5-15(6-8-17)14-21(26(2,23)24)11-9-18(22)20-13-16-4-3-10-19-12-16/h3-8,10,12H,9,11,13-14H2,1-2H3,(H,20,22). The van der Waals surface area contributed by atoms with Gasteiger partial charge in [-0.2, -0.15) is 4.31 Å². The third-order valence-electron chi connectivity index (χ3n) is 3.79. The Balaban J connectivity index is 1.90. The molecule has 8 heteroatoms. The van der Waals surface area contributed by atoms with Gasteiger partial charge in [-0.15, -0.1) is 0 Å². The number of amides is 1. The van der Waals surface area contributed by atoms with Gasteiger partial charge in [-0.1, -0.05) is 18.2 Å². The van der Waals surface area contributed by atoms with Gasteiger partial charge in [-0.25, -0.2) is 8.42 Å². The predicted octanol–water partition coefficient (Wildman–Crippen LogP) is 1.56. The first-order chi connectivity index (χ1) is 12.4. The maximum atomic E-state index is 12.0. The molecule has 0 saturated heterocycles. The van der Waals surface area contributed by atoms with E-state index in [4.69, 9.17) is 4.74 Å². The monoisotopic (exact) mass is 377 g/mol. The van der Waals surface area contributed by atoms with Gasteiger partial charge in [0.25, 0.3) is 0 Å². The van der Waals surface area contributed by atoms with E-state index >= 15 is 0 Å². The van der Waals surface area contributed by atoms with Gasteiger partial charge in [0.1, 0.15) is 5.75 Å². The maximum absolute atomic E-state index is 12.0. The second-order valence-electron chi connectivity index (χ2n) is 5.83. The van der Waals surface area contributed by atoms with E-state index in [9.17, 15) is 13.2 Å². The Labute approximate surface area is 154 Å². The molecule has 0 unspecified atom stereocenters. The SMILES string of the molecule is COc1ccc(CN(CCC(=O)NCc2cccnc2)S(C)(=O)=O)cc1. The van der Waals surface area contributed by atoms with Crippen LogP contribution in [0, 0.1) is 0 Å². The van der Waals surface area contributed by atoms with Crippen LogP contribution in [-0.2, 0) is 27.9 Å². The van der Waals surface area contributed by atoms with Crippen molar-refractivity contribution >= 4 is 15.9 Å². The van der Waals surface area contributed by atoms with Crippen molar-refractivity contribution < 1.29 is 17.9 Å². The first-order valence-electron chi connectivity index (χ1n) is 8.12. The predicted molar refractivity (Wildman–Crippen MR) is 98.9 cm³/mol. The summed E-state index contributed by atoms with van der Waals surface area (Å²) in [4.78, 5) is 16.0. The molecule has 2 rings (SSSR count). The number of benzene rings is 1. The van der Waals surface area contributed by atoms with Crippen molar-refractivity contribution in [2.75, 3.05) is 19.9 Å². The smallest absolute Gasteiger partial charge is 0.221 e. The number of carbonyl (C=O) groups is 1. The largest absolute Gasteiger partial charge is 0.497 e. The van der Waals surface area contributed by atoms with E-state index in [1.165, 1.54) is 4.31 Å². The molecule has 1 heterocycles. The zero-order valence-corrected chi connectivity index (χ0v) is 15.7. The van der Waals surface area contributed by atoms with E-state index in [1.807, 2.05) is 6.07 Å². The minimum absolute atomic E-state index is 0.0868. The summed E-state index contributed by atoms with van der Waals surface area (Å²) >= 11 is 0. The zero-order valence-electron chi connectivity index (χ0n) is 14.9. The lowest BCUT2D eigenvalue weighted by Gasteiger charge is -2.20. The number of nitrogens with one attached hydrogen (secondary N) is 1. The second kappa shape index (κ2) is 9.30. The Morgan fingerprint density at radius 2 is 1.92 bits per heavy atom. The molecule has 0 spiro atoms. The van der Waals surface area contributed by atoms with Crippen molar-refractivity contribution in [1.29, 1.82) is 0 Å². The van der Waals surface area contributed by atoms with Crippen LogP contribution < -0.4 is 10.1 Å². The topological polar surface area (TPSA) is 88.6 Å². The van der Waals surface area contributed by atoms with Gasteiger partial charge in [-0.05, 0) is 29.3 Å². The molecule has 2 aromatic rings. The minimum Gasteiger partial charge on any atom is -0.497 e. The van der Waals surface area contributed by atoms with Crippen molar-refractivity contribution in [3.8, 4) is 5.75 Å². The van der Waals surface area contributed by atoms with Gasteiger partial charge in [0.15, 0.2) is 0 Å². The Hall–Kier alpha value is -2.45. The average Bonchev–Trinajstić information content (AvgIpc) is 2.63. The second-order valence-corrected chi connectivity index (χ2v) is 7.82. The number of rotatable bonds is 9. The molecule has 1 N–H and O–H groups in total. The van der Waals surface area contributed by atoms with E-state index in [0.717, 1.165) is 17.4 Å². The quantitative estimate of drug-likeness (QED) is 0.716. The summed E-state index contributed by atoms with van der Waals surface area (Å²) in [6.45, 7) is 0.687. The van der Waals surface area contributed by atoms with E-state index in [1.54, 1.807) is 49.8 Å². The van der Waals surface area contributed by atoms with Gasteiger partial charge in [0, 0.05) is 38.4 Å². The molecule has 0 atom stereocenters. The highest BCUT2D eigenvalue weighted by atomic mass is 32.2. The lowest BCUT2D eigenvalue weighted by molar-refractivity contribution is -0.121. The highest BCUT2D eigenvalue weighted by molar-refractivity contribution is 7.88. The summed E-state index contributed by atoms with van der Waals surface area (Å²) in [5.74, 6) is 0.492. The Morgan fingerprint density at radius 1 is 1.19 bits per heavy atom. The van der Waals surface area contributed by atoms with Crippen LogP contribution in [-0.4, -0.2) is 43.5 Å². The normalized spacial score (nSPS) is 11.3. The number of aromatic nitrogens is 1. The summed E-state index contributed by atoms with van der Waals surface area (Å²) in [7, 11) is -1.86. The fourth-order valence-corrected chi connectivity index (χ4v) is 3.12. The lowest BCUT2D eigenvalue weighted by atomic mass is 10.2. The fourth-order valence-electron chi connectivity index (χ4n) is 2.31. The molecule has 0 aliphatic rings. The molecule has 1 aromatic heterocycles. The fraction of sp³-hybridized carbons (Fsp3) is 0.333. The summed E-state index contributed by atoms with van der Waals surface area (Å²) in [5, 5.41) is 2.77. The summed E-state index contributed by atoms with van der Waals surface area (Å²) in [6, 6.07) is 10.8. The Bertz CT molecular complexity index is 808. The first kappa shape index (κ1) is 19.9. The van der Waals surface area contributed by atoms with Gasteiger partial charge in [0.05, 0.1) is 13.4 Å². The molecule has 0 aliphatic heterocycles. The van der Waals surface area contributed by atoms with E-state index in [-0.39, 0.29) is 25.4 Å². The van der Waals surface area contributed by atoms with Crippen LogP contribution in [0.5, 0.6) is 5.75 Å². The van der Waals surface area contributed by atoms with Crippen LogP contribution in [0.25, 0.3) is 0 Å². The molecule has 1 aromatic carbocycles. The summed E-state index contributed by atoms with van der Waals surface area (Å²) in [5.41, 5.74) is 1.71. The summed E-state index contributed by atoms with van der Waals surface area (Å²) in [6.07, 6.45) is 4.56. The molecule has 0 fully saturated rings. The molecular weight excluding hydrogens is 354 g/mol. The molecule has 1 amide bonds. The molecule has 140 valence electrons. The first-order valence-corrected chi connectivity index (χ1v) is 9.97. The highest BCUT2D eigenvalue weighted by Gasteiger charge is 2.18. The van der Waals surface area contributed by atoms with E-state index in [2.05, 4.69) is 10.3 Å². The number of sulfonamides is 1. The lowest BCUT2D eigenvalue weighted by Crippen LogP contribution is -2.34. The van der Waals surface area contributed by atoms with Gasteiger partial charge in [0.2, 0.25) is 15.9 Å². The number of ether oxygens (including phenoxy) is 1. The number of methoxy groups -OCH3 is 1. The van der Waals surface area contributed by atoms with Crippen LogP contribution in [0.4, 0.5) is 0 Å². The van der Waals surface area contributed by atoms with Crippen molar-refractivity contribution in [3.05, 3.63) is 59.9 Å². The van der Waals surface area contributed by atoms with Crippen LogP contribution in [0.1, 0.15) is 17.5 Å². The number of hydrogen-bond donors (Lipinski definition) is 1. The van der Waals surface area contributed by atoms with Crippen molar-refractivity contribution in [1.82, 2.24) is 14.6 Å². The molecule has 0 radical (unpaired) electrons. The number of hydrogen-bond acceptors (Lipinski definition) is 5. The van der Waals surface area contributed by atoms with Crippen molar-refractivity contribution in [2.24, 2.45) is 0 Å². The highest BCUT2D eigenvalue weighted by Crippen LogP contribution is 2.14. The third-order valence-corrected chi connectivity index (χ3v) is 5.04. The molecule has 26 heavy (non-hydrogen) atoms. The maximum Gasteiger partial charge on any atom is 0.221 e. The number of carbonyl (C=O) groups excluding carboxylic acids is 1. The summed E-state index contributed by atoms with van der Waals surface area (Å²) < 4.78 is 30.4. The molecular formula is C18H23N3O4S. The zero-order chi connectivity index (χ0) is 19.0. The number of nitrogens with zero attached hydrogens (tertiary/aromatic N) is 2. The van der Waals surface area contributed by atoms with Crippen molar-refractivity contribution in [2.45, 2.75) is 19.5 Å². The van der Waals surface area contributed by atoms with Crippen LogP contribution in [0.2, 0.25) is 0 Å². The van der Waals surface area contributed by atoms with Gasteiger partial charge < -0.3 is 10.1 Å². The van der Waals surface area contributed by atoms with Gasteiger partial charge >= 0.3 is 0 Å². The van der Waals surface area contributed by atoms with Gasteiger partial charge in [-0.3, -0.25) is 9.78 Å². The Morgan fingerprint density at radius 3 is 2.50 bits per heavy atom. The van der Waals surface area contributed by atoms with Crippen LogP contribution >= 0.6 is 0 Å². The van der Waals surface area contributed by atoms with Crippen molar-refractivity contribution in [3.63, 3.8) is 0 Å². The average molecular weight is 377 g/mol. The van der Waals surface area contributed by atoms with E-state index in [0.29, 0.717) is 12.3 Å². The van der Waals surface area contributed by atoms with E-state index < -0.39 is 10.0 Å². The number of pyridine rings is 1. The molecule has 0 aliphatic carbocycles. The van der Waals surface area contributed by atoms with Crippen LogP contribution in [0.15, 0.2) is 48.8 Å². The molecule has 7 nitrogen and oxygen atoms in total. The molecule has 0 saturated carbocycles. The van der Waals surface area contributed by atoms with Crippen LogP contribution in [0.3, 0.4) is 0 Å². The molecule has 0 bridgehead atoms. The Kier molecular flexibility index (Phi) is 7.11. The minimum atomic E-state index is -3.43. The third kappa shape index (κ3) is 6.45.